The Morgan fingerprint density at radius 2 is 0.639 bits per heavy atom. The molecule has 0 unspecified atom stereocenters. The molecule has 0 radical (unpaired) electrons. The largest absolute Gasteiger partial charge is 0.504 e. The van der Waals surface area contributed by atoms with Gasteiger partial charge < -0.3 is 190 Å². The van der Waals surface area contributed by atoms with Gasteiger partial charge in [0.05, 0.1) is 56.0 Å². The van der Waals surface area contributed by atoms with E-state index in [1.165, 1.54) is 0 Å². The van der Waals surface area contributed by atoms with Gasteiger partial charge in [0.1, 0.15) is 25.4 Å². The topological polar surface area (TPSA) is 812 Å². The molecular weight excluding hydrogens is 1650 g/mol. The number of fused-ring (bicyclic) bond motifs is 7. The number of benzene rings is 9. The summed E-state index contributed by atoms with van der Waals surface area (Å²) in [6.07, 6.45) is -28.1. The minimum atomic E-state index is -3.33. The highest BCUT2D eigenvalue weighted by atomic mass is 16.8. The van der Waals surface area contributed by atoms with E-state index in [2.05, 4.69) is 0 Å². The van der Waals surface area contributed by atoms with Crippen LogP contribution in [0.15, 0.2) is 72.8 Å². The van der Waals surface area contributed by atoms with Crippen molar-refractivity contribution in [1.82, 2.24) is 0 Å². The van der Waals surface area contributed by atoms with Crippen molar-refractivity contribution < 1.29 is 234 Å². The molecule has 9 aromatic carbocycles. The Hall–Kier alpha value is -17.3. The van der Waals surface area contributed by atoms with Crippen LogP contribution in [0.25, 0.3) is 22.3 Å². The molecule has 0 aromatic heterocycles. The fourth-order valence-electron chi connectivity index (χ4n) is 13.6. The molecule has 4 aliphatic rings. The molecule has 0 spiro atoms. The highest BCUT2D eigenvalue weighted by molar-refractivity contribution is 6.12. The van der Waals surface area contributed by atoms with Crippen molar-refractivity contribution in [3.8, 4) is 177 Å². The number of phenolic OH excluding ortho intramolecular Hbond substituents is 27. The Kier molecular flexibility index (Phi) is 20.6. The van der Waals surface area contributed by atoms with E-state index in [1.54, 1.807) is 0 Å². The van der Waals surface area contributed by atoms with Gasteiger partial charge in [-0.1, -0.05) is 0 Å². The second-order valence-corrected chi connectivity index (χ2v) is 26.7. The minimum absolute atomic E-state index is 0.00338. The number of rotatable bonds is 13. The Morgan fingerprint density at radius 3 is 1.08 bits per heavy atom. The van der Waals surface area contributed by atoms with Crippen LogP contribution in [0.4, 0.5) is 0 Å². The molecule has 47 nitrogen and oxygen atoms in total. The number of ether oxygens (including phenoxy) is 10. The number of aliphatic hydroxyl groups is 1. The Morgan fingerprint density at radius 1 is 0.303 bits per heavy atom. The van der Waals surface area contributed by atoms with Gasteiger partial charge in [0.25, 0.3) is 0 Å². The summed E-state index contributed by atoms with van der Waals surface area (Å²) >= 11 is 0. The van der Waals surface area contributed by atoms with E-state index < -0.39 is 367 Å². The first kappa shape index (κ1) is 82.7. The number of esters is 9. The minimum Gasteiger partial charge on any atom is -0.504 e. The second-order valence-electron chi connectivity index (χ2n) is 26.7. The molecule has 47 heteroatoms. The first-order valence-electron chi connectivity index (χ1n) is 33.9. The van der Waals surface area contributed by atoms with E-state index in [4.69, 9.17) is 47.4 Å². The molecule has 4 heterocycles. The van der Waals surface area contributed by atoms with Gasteiger partial charge in [0.15, 0.2) is 157 Å². The molecule has 9 aromatic rings. The van der Waals surface area contributed by atoms with E-state index >= 15 is 19.2 Å². The van der Waals surface area contributed by atoms with E-state index in [9.17, 15) is 167 Å². The van der Waals surface area contributed by atoms with Gasteiger partial charge in [-0.25, -0.2) is 43.2 Å². The summed E-state index contributed by atoms with van der Waals surface area (Å²) in [5.41, 5.74) is -20.7. The summed E-state index contributed by atoms with van der Waals surface area (Å²) in [7, 11) is 0. The smallest absolute Gasteiger partial charge is 0.340 e. The number of cyclic esters (lactones) is 3. The molecular formula is C75H54O47. The van der Waals surface area contributed by atoms with Crippen molar-refractivity contribution in [2.24, 2.45) is 0 Å². The average molecular weight is 1710 g/mol. The van der Waals surface area contributed by atoms with Crippen LogP contribution < -0.4 is 0 Å². The molecule has 10 atom stereocenters. The van der Waals surface area contributed by atoms with Gasteiger partial charge in [0.2, 0.25) is 41.1 Å². The predicted molar refractivity (Wildman–Crippen MR) is 379 cm³/mol. The molecule has 0 amide bonds. The number of hydrogen-bond donors (Lipinski definition) is 28. The zero-order valence-corrected chi connectivity index (χ0v) is 59.9. The molecule has 1 fully saturated rings. The third-order valence-corrected chi connectivity index (χ3v) is 19.3. The van der Waals surface area contributed by atoms with E-state index in [0.717, 1.165) is 0 Å². The Bertz CT molecular complexity index is 5990. The van der Waals surface area contributed by atoms with Crippen LogP contribution in [0.3, 0.4) is 0 Å². The zero-order chi connectivity index (χ0) is 89.2. The predicted octanol–water partition coefficient (Wildman–Crippen LogP) is 2.45. The van der Waals surface area contributed by atoms with Crippen LogP contribution in [0.2, 0.25) is 0 Å². The maximum absolute atomic E-state index is 16.4. The summed E-state index contributed by atoms with van der Waals surface area (Å²) in [6.45, 7) is -3.42. The summed E-state index contributed by atoms with van der Waals surface area (Å²) in [4.78, 5) is 135. The average Bonchev–Trinajstić information content (AvgIpc) is 0.717. The van der Waals surface area contributed by atoms with E-state index in [1.807, 2.05) is 0 Å². The van der Waals surface area contributed by atoms with E-state index in [0.29, 0.717) is 54.6 Å². The van der Waals surface area contributed by atoms with Gasteiger partial charge in [0, 0.05) is 33.4 Å². The van der Waals surface area contributed by atoms with Crippen molar-refractivity contribution in [1.29, 1.82) is 0 Å². The highest BCUT2D eigenvalue weighted by Gasteiger charge is 2.59. The van der Waals surface area contributed by atoms with Crippen LogP contribution in [0.5, 0.6) is 155 Å². The fourth-order valence-corrected chi connectivity index (χ4v) is 13.6. The SMILES string of the molecule is O=C(OC[C@@H]1O[C@H](OC(=O)c2cc(O)c(O)c(O)c2)[C@H](OC(=O)c2cc(O)c(O)c(O)c2)[C@H](OC(=O)c2cc(O)c(O)c(O)c2[C@@H]2c3c(O)c(O)c(O)c4c3C(=O)O[C@@H]2[C@@H]([C@H]2OC(=O)c3cc(O)c(O)c(O)c3-c3c(cc(O)c(O)c3O)C(=O)OC[C@@H]2O)OC(=O)c2cc(O)c(O)c(O)c2-4)[C@@H]1OC(=O)c1cc(O)c(O)c(O)c1)c1cc(O)c(O)c(O)c1. The monoisotopic (exact) mass is 1710 g/mol. The van der Waals surface area contributed by atoms with E-state index in [-0.39, 0.29) is 18.2 Å². The highest BCUT2D eigenvalue weighted by Crippen LogP contribution is 2.62. The molecule has 2 bridgehead atoms. The van der Waals surface area contributed by atoms with Crippen LogP contribution in [-0.4, -0.2) is 265 Å². The molecule has 636 valence electrons. The van der Waals surface area contributed by atoms with Crippen molar-refractivity contribution in [3.05, 3.63) is 134 Å². The molecule has 1 saturated heterocycles. The fraction of sp³-hybridized carbons (Fsp3) is 0.160. The van der Waals surface area contributed by atoms with Crippen molar-refractivity contribution in [3.63, 3.8) is 0 Å². The van der Waals surface area contributed by atoms with Gasteiger partial charge in [-0.15, -0.1) is 0 Å². The van der Waals surface area contributed by atoms with Crippen molar-refractivity contribution >= 4 is 53.7 Å². The van der Waals surface area contributed by atoms with Crippen LogP contribution in [-0.2, 0) is 47.4 Å². The standard InChI is InChI=1S/C75H54O47/c76-23-1-15(2-24(77)45(23)89)66(104)114-14-36-61(117-67(105)16-3-25(78)46(90)26(79)4-16)64(65(121-68(106)17-5-27(80)47(91)28(81)6-17)75(115-36)122-69(107)18-7-29(82)48(92)30(83)8-18)120-73(111)22-12-34(87)52(96)56(100)40(22)43-42-44-41(57(101)59(103)58(42)102)39-21(11-33(86)51(95)55(39)99)72(110)119-63(62(43)118-74(44)112)60-35(88)13-113-70(108)19-9-31(84)49(93)53(97)37(19)38-20(71(109)116-60)10-32(85)50(94)54(38)98/h1-12,35-36,43,60-65,75-103H,13-14H2/t35-,36-,43+,60-,61+,62-,63+,64+,65+,75+/m0/s1. The number of carbonyl (C=O) groups excluding carboxylic acids is 9. The lowest BCUT2D eigenvalue weighted by molar-refractivity contribution is -0.282. The number of aliphatic hydroxyl groups excluding tert-OH is 1. The van der Waals surface area contributed by atoms with Crippen LogP contribution in [0.1, 0.15) is 110 Å². The summed E-state index contributed by atoms with van der Waals surface area (Å²) in [6, 6.07) is 3.68. The lowest BCUT2D eigenvalue weighted by Crippen LogP contribution is -2.63. The molecule has 4 aliphatic heterocycles. The van der Waals surface area contributed by atoms with Gasteiger partial charge in [-0.2, -0.15) is 0 Å². The maximum Gasteiger partial charge on any atom is 0.340 e. The number of phenols is 27. The zero-order valence-electron chi connectivity index (χ0n) is 59.9. The number of carbonyl (C=O) groups is 9. The van der Waals surface area contributed by atoms with Crippen LogP contribution in [0, 0.1) is 0 Å². The number of aromatic hydroxyl groups is 27. The third-order valence-electron chi connectivity index (χ3n) is 19.3. The Labute approximate surface area is 670 Å². The summed E-state index contributed by atoms with van der Waals surface area (Å²) < 4.78 is 57.3. The van der Waals surface area contributed by atoms with Gasteiger partial charge in [-0.05, 0) is 72.8 Å². The second kappa shape index (κ2) is 30.4. The van der Waals surface area contributed by atoms with Crippen LogP contribution >= 0.6 is 0 Å². The normalized spacial score (nSPS) is 19.7. The first-order chi connectivity index (χ1) is 57.3. The molecule has 0 saturated carbocycles. The summed E-state index contributed by atoms with van der Waals surface area (Å²) in [5, 5.41) is 311. The van der Waals surface area contributed by atoms with Gasteiger partial charge in [-0.3, -0.25) is 0 Å². The molecule has 28 N–H and O–H groups in total. The summed E-state index contributed by atoms with van der Waals surface area (Å²) in [5.74, 6) is -63.6. The molecule has 0 aliphatic carbocycles. The van der Waals surface area contributed by atoms with Gasteiger partial charge >= 0.3 is 53.7 Å². The Balaban J connectivity index is 1.08. The molecule has 13 rings (SSSR count). The quantitative estimate of drug-likeness (QED) is 0.0448. The molecule has 122 heavy (non-hydrogen) atoms. The maximum atomic E-state index is 16.4. The van der Waals surface area contributed by atoms with Crippen molar-refractivity contribution in [2.45, 2.75) is 61.0 Å². The first-order valence-corrected chi connectivity index (χ1v) is 33.9. The van der Waals surface area contributed by atoms with Crippen molar-refractivity contribution in [2.75, 3.05) is 13.2 Å². The lowest BCUT2D eigenvalue weighted by Gasteiger charge is -2.44. The number of hydrogen-bond acceptors (Lipinski definition) is 47. The third kappa shape index (κ3) is 13.9. The lowest BCUT2D eigenvalue weighted by atomic mass is 9.73.